The van der Waals surface area contributed by atoms with Crippen molar-refractivity contribution in [2.24, 2.45) is 5.92 Å². The Kier molecular flexibility index (Phi) is 6.63. The number of carbonyl (C=O) groups is 2. The predicted octanol–water partition coefficient (Wildman–Crippen LogP) is 3.80. The SMILES string of the molecule is CC1CCCCC1NC(=O)CCNC(=O)c1ccc(C(C)(C)C)cc1. The highest BCUT2D eigenvalue weighted by Gasteiger charge is 2.22. The third kappa shape index (κ3) is 5.87. The van der Waals surface area contributed by atoms with Crippen LogP contribution in [-0.4, -0.2) is 24.4 Å². The maximum Gasteiger partial charge on any atom is 0.251 e. The lowest BCUT2D eigenvalue weighted by atomic mass is 9.86. The van der Waals surface area contributed by atoms with E-state index < -0.39 is 0 Å². The van der Waals surface area contributed by atoms with E-state index in [1.165, 1.54) is 24.8 Å². The Morgan fingerprint density at radius 2 is 1.72 bits per heavy atom. The smallest absolute Gasteiger partial charge is 0.251 e. The van der Waals surface area contributed by atoms with Gasteiger partial charge < -0.3 is 10.6 Å². The van der Waals surface area contributed by atoms with Gasteiger partial charge in [-0.2, -0.15) is 0 Å². The first kappa shape index (κ1) is 19.5. The number of hydrogen-bond donors (Lipinski definition) is 2. The van der Waals surface area contributed by atoms with Crippen molar-refractivity contribution in [1.82, 2.24) is 10.6 Å². The molecule has 2 atom stereocenters. The van der Waals surface area contributed by atoms with E-state index in [1.807, 2.05) is 24.3 Å². The molecule has 0 spiro atoms. The van der Waals surface area contributed by atoms with E-state index in [0.717, 1.165) is 6.42 Å². The second-order valence-corrected chi connectivity index (χ2v) is 8.27. The largest absolute Gasteiger partial charge is 0.353 e. The molecule has 25 heavy (non-hydrogen) atoms. The zero-order valence-corrected chi connectivity index (χ0v) is 16.0. The molecular formula is C21H32N2O2. The van der Waals surface area contributed by atoms with Gasteiger partial charge in [-0.15, -0.1) is 0 Å². The van der Waals surface area contributed by atoms with Gasteiger partial charge in [0, 0.05) is 24.6 Å². The third-order valence-corrected chi connectivity index (χ3v) is 5.11. The Labute approximate surface area is 151 Å². The molecule has 2 unspecified atom stereocenters. The fourth-order valence-electron chi connectivity index (χ4n) is 3.32. The monoisotopic (exact) mass is 344 g/mol. The molecule has 0 heterocycles. The molecule has 0 bridgehead atoms. The summed E-state index contributed by atoms with van der Waals surface area (Å²) in [4.78, 5) is 24.3. The number of rotatable bonds is 5. The molecule has 1 aliphatic carbocycles. The van der Waals surface area contributed by atoms with Crippen LogP contribution in [0.2, 0.25) is 0 Å². The summed E-state index contributed by atoms with van der Waals surface area (Å²) < 4.78 is 0. The maximum atomic E-state index is 12.2. The number of amides is 2. The second-order valence-electron chi connectivity index (χ2n) is 8.27. The van der Waals surface area contributed by atoms with Gasteiger partial charge in [-0.25, -0.2) is 0 Å². The molecule has 4 heteroatoms. The van der Waals surface area contributed by atoms with E-state index >= 15 is 0 Å². The lowest BCUT2D eigenvalue weighted by Crippen LogP contribution is -2.42. The van der Waals surface area contributed by atoms with E-state index in [9.17, 15) is 9.59 Å². The molecule has 1 aliphatic rings. The van der Waals surface area contributed by atoms with Gasteiger partial charge in [-0.05, 0) is 41.9 Å². The highest BCUT2D eigenvalue weighted by Crippen LogP contribution is 2.24. The van der Waals surface area contributed by atoms with Crippen molar-refractivity contribution in [2.75, 3.05) is 6.54 Å². The Morgan fingerprint density at radius 3 is 2.32 bits per heavy atom. The van der Waals surface area contributed by atoms with Gasteiger partial charge in [-0.1, -0.05) is 52.7 Å². The number of carbonyl (C=O) groups excluding carboxylic acids is 2. The van der Waals surface area contributed by atoms with Crippen LogP contribution < -0.4 is 10.6 Å². The first-order valence-electron chi connectivity index (χ1n) is 9.45. The minimum atomic E-state index is -0.126. The molecule has 0 aromatic heterocycles. The van der Waals surface area contributed by atoms with E-state index in [4.69, 9.17) is 0 Å². The van der Waals surface area contributed by atoms with Gasteiger partial charge in [-0.3, -0.25) is 9.59 Å². The van der Waals surface area contributed by atoms with Crippen molar-refractivity contribution >= 4 is 11.8 Å². The molecule has 138 valence electrons. The zero-order chi connectivity index (χ0) is 18.4. The summed E-state index contributed by atoms with van der Waals surface area (Å²) in [6, 6.07) is 7.97. The highest BCUT2D eigenvalue weighted by molar-refractivity contribution is 5.94. The first-order valence-corrected chi connectivity index (χ1v) is 9.45. The summed E-state index contributed by atoms with van der Waals surface area (Å²) in [6.07, 6.45) is 5.04. The third-order valence-electron chi connectivity index (χ3n) is 5.11. The fourth-order valence-corrected chi connectivity index (χ4v) is 3.32. The summed E-state index contributed by atoms with van der Waals surface area (Å²) in [7, 11) is 0. The Balaban J connectivity index is 1.75. The molecule has 2 amide bonds. The quantitative estimate of drug-likeness (QED) is 0.853. The molecule has 0 saturated heterocycles. The molecule has 1 aromatic carbocycles. The Hall–Kier alpha value is -1.84. The minimum Gasteiger partial charge on any atom is -0.353 e. The predicted molar refractivity (Wildman–Crippen MR) is 102 cm³/mol. The van der Waals surface area contributed by atoms with Gasteiger partial charge in [0.05, 0.1) is 0 Å². The van der Waals surface area contributed by atoms with Crippen LogP contribution in [0, 0.1) is 5.92 Å². The number of nitrogens with one attached hydrogen (secondary N) is 2. The summed E-state index contributed by atoms with van der Waals surface area (Å²) in [5, 5.41) is 5.95. The number of benzene rings is 1. The fraction of sp³-hybridized carbons (Fsp3) is 0.619. The molecule has 1 fully saturated rings. The maximum absolute atomic E-state index is 12.2. The van der Waals surface area contributed by atoms with Crippen molar-refractivity contribution in [2.45, 2.75) is 71.3 Å². The highest BCUT2D eigenvalue weighted by atomic mass is 16.2. The van der Waals surface area contributed by atoms with Crippen LogP contribution in [0.25, 0.3) is 0 Å². The van der Waals surface area contributed by atoms with Crippen molar-refractivity contribution in [1.29, 1.82) is 0 Å². The average molecular weight is 344 g/mol. The molecule has 4 nitrogen and oxygen atoms in total. The lowest BCUT2D eigenvalue weighted by Gasteiger charge is -2.29. The summed E-state index contributed by atoms with van der Waals surface area (Å²) in [6.45, 7) is 9.01. The molecule has 1 saturated carbocycles. The summed E-state index contributed by atoms with van der Waals surface area (Å²) in [5.41, 5.74) is 1.91. The number of hydrogen-bond acceptors (Lipinski definition) is 2. The first-order chi connectivity index (χ1) is 11.8. The van der Waals surface area contributed by atoms with Gasteiger partial charge in [0.1, 0.15) is 0 Å². The van der Waals surface area contributed by atoms with Gasteiger partial charge in [0.15, 0.2) is 0 Å². The topological polar surface area (TPSA) is 58.2 Å². The van der Waals surface area contributed by atoms with Crippen molar-refractivity contribution in [3.05, 3.63) is 35.4 Å². The van der Waals surface area contributed by atoms with E-state index in [1.54, 1.807) is 0 Å². The standard InChI is InChI=1S/C21H32N2O2/c1-15-7-5-6-8-18(15)23-19(24)13-14-22-20(25)16-9-11-17(12-10-16)21(2,3)4/h9-12,15,18H,5-8,13-14H2,1-4H3,(H,22,25)(H,23,24). The summed E-state index contributed by atoms with van der Waals surface area (Å²) >= 11 is 0. The van der Waals surface area contributed by atoms with Crippen LogP contribution in [-0.2, 0) is 10.2 Å². The van der Waals surface area contributed by atoms with Crippen LogP contribution >= 0.6 is 0 Å². The van der Waals surface area contributed by atoms with Crippen molar-refractivity contribution < 1.29 is 9.59 Å². The van der Waals surface area contributed by atoms with Crippen LogP contribution in [0.1, 0.15) is 75.7 Å². The Morgan fingerprint density at radius 1 is 1.08 bits per heavy atom. The normalized spacial score (nSPS) is 20.8. The van der Waals surface area contributed by atoms with Crippen LogP contribution in [0.3, 0.4) is 0 Å². The van der Waals surface area contributed by atoms with Gasteiger partial charge in [0.25, 0.3) is 5.91 Å². The van der Waals surface area contributed by atoms with E-state index in [2.05, 4.69) is 38.3 Å². The van der Waals surface area contributed by atoms with Gasteiger partial charge >= 0.3 is 0 Å². The lowest BCUT2D eigenvalue weighted by molar-refractivity contribution is -0.122. The van der Waals surface area contributed by atoms with Crippen molar-refractivity contribution in [3.63, 3.8) is 0 Å². The molecule has 0 radical (unpaired) electrons. The van der Waals surface area contributed by atoms with Crippen LogP contribution in [0.5, 0.6) is 0 Å². The summed E-state index contributed by atoms with van der Waals surface area (Å²) in [5.74, 6) is 0.454. The molecule has 2 rings (SSSR count). The molecule has 2 N–H and O–H groups in total. The zero-order valence-electron chi connectivity index (χ0n) is 16.0. The van der Waals surface area contributed by atoms with E-state index in [-0.39, 0.29) is 17.2 Å². The Bertz CT molecular complexity index is 587. The molecule has 1 aromatic rings. The van der Waals surface area contributed by atoms with Crippen LogP contribution in [0.4, 0.5) is 0 Å². The van der Waals surface area contributed by atoms with Gasteiger partial charge in [0.2, 0.25) is 5.91 Å². The molecule has 0 aliphatic heterocycles. The molecular weight excluding hydrogens is 312 g/mol. The van der Waals surface area contributed by atoms with Crippen LogP contribution in [0.15, 0.2) is 24.3 Å². The average Bonchev–Trinajstić information content (AvgIpc) is 2.56. The minimum absolute atomic E-state index is 0.0298. The van der Waals surface area contributed by atoms with E-state index in [0.29, 0.717) is 30.5 Å². The second kappa shape index (κ2) is 8.50. The van der Waals surface area contributed by atoms with Crippen molar-refractivity contribution in [3.8, 4) is 0 Å².